The van der Waals surface area contributed by atoms with Crippen molar-refractivity contribution in [3.05, 3.63) is 24.3 Å². The quantitative estimate of drug-likeness (QED) is 0.738. The van der Waals surface area contributed by atoms with E-state index in [9.17, 15) is 9.59 Å². The highest BCUT2D eigenvalue weighted by Gasteiger charge is 2.29. The van der Waals surface area contributed by atoms with E-state index >= 15 is 0 Å². The van der Waals surface area contributed by atoms with Crippen molar-refractivity contribution in [2.75, 3.05) is 10.6 Å². The number of anilines is 2. The minimum absolute atomic E-state index is 0.0741. The van der Waals surface area contributed by atoms with Crippen molar-refractivity contribution < 1.29 is 9.59 Å². The average Bonchev–Trinajstić information content (AvgIpc) is 3.35. The third-order valence-electron chi connectivity index (χ3n) is 4.53. The van der Waals surface area contributed by atoms with Gasteiger partial charge in [0, 0.05) is 23.3 Å². The molecule has 0 aliphatic heterocycles. The van der Waals surface area contributed by atoms with Crippen molar-refractivity contribution in [1.82, 2.24) is 5.32 Å². The minimum Gasteiger partial charge on any atom is -0.335 e. The third kappa shape index (κ3) is 4.98. The Balaban J connectivity index is 1.52. The molecule has 3 N–H and O–H groups in total. The summed E-state index contributed by atoms with van der Waals surface area (Å²) < 4.78 is 0. The van der Waals surface area contributed by atoms with E-state index in [1.54, 1.807) is 6.07 Å². The van der Waals surface area contributed by atoms with E-state index in [4.69, 9.17) is 0 Å². The maximum absolute atomic E-state index is 12.1. The molecule has 3 rings (SSSR count). The first-order valence-corrected chi connectivity index (χ1v) is 8.69. The molecule has 0 radical (unpaired) electrons. The molecular formula is C18H25N3O2. The fraction of sp³-hybridized carbons (Fsp3) is 0.556. The second-order valence-corrected chi connectivity index (χ2v) is 6.63. The van der Waals surface area contributed by atoms with Gasteiger partial charge in [-0.3, -0.25) is 4.79 Å². The first-order chi connectivity index (χ1) is 11.2. The van der Waals surface area contributed by atoms with Crippen LogP contribution in [0.3, 0.4) is 0 Å². The van der Waals surface area contributed by atoms with Gasteiger partial charge in [0.15, 0.2) is 0 Å². The lowest BCUT2D eigenvalue weighted by molar-refractivity contribution is -0.117. The van der Waals surface area contributed by atoms with E-state index in [0.29, 0.717) is 5.69 Å². The molecule has 5 heteroatoms. The van der Waals surface area contributed by atoms with Crippen molar-refractivity contribution >= 4 is 23.3 Å². The Morgan fingerprint density at radius 3 is 2.17 bits per heavy atom. The van der Waals surface area contributed by atoms with Gasteiger partial charge in [-0.25, -0.2) is 4.79 Å². The number of hydrogen-bond donors (Lipinski definition) is 3. The molecule has 0 unspecified atom stereocenters. The smallest absolute Gasteiger partial charge is 0.319 e. The van der Waals surface area contributed by atoms with Gasteiger partial charge in [-0.1, -0.05) is 31.7 Å². The summed E-state index contributed by atoms with van der Waals surface area (Å²) in [6, 6.07) is 7.42. The molecule has 2 aliphatic carbocycles. The molecular weight excluding hydrogens is 290 g/mol. The predicted molar refractivity (Wildman–Crippen MR) is 91.4 cm³/mol. The number of hydrogen-bond acceptors (Lipinski definition) is 2. The van der Waals surface area contributed by atoms with E-state index in [-0.39, 0.29) is 23.9 Å². The van der Waals surface area contributed by atoms with Crippen LogP contribution in [0.15, 0.2) is 24.3 Å². The van der Waals surface area contributed by atoms with E-state index in [1.807, 2.05) is 18.2 Å². The molecule has 2 aliphatic rings. The van der Waals surface area contributed by atoms with E-state index in [2.05, 4.69) is 16.0 Å². The van der Waals surface area contributed by atoms with Gasteiger partial charge < -0.3 is 16.0 Å². The number of urea groups is 1. The summed E-state index contributed by atoms with van der Waals surface area (Å²) in [6.07, 6.45) is 8.99. The normalized spacial score (nSPS) is 18.8. The van der Waals surface area contributed by atoms with E-state index < -0.39 is 0 Å². The largest absolute Gasteiger partial charge is 0.335 e. The molecule has 23 heavy (non-hydrogen) atoms. The van der Waals surface area contributed by atoms with Gasteiger partial charge in [0.2, 0.25) is 5.91 Å². The Kier molecular flexibility index (Phi) is 5.16. The molecule has 124 valence electrons. The van der Waals surface area contributed by atoms with Crippen molar-refractivity contribution in [2.24, 2.45) is 5.92 Å². The molecule has 0 aromatic heterocycles. The first kappa shape index (κ1) is 15.8. The highest BCUT2D eigenvalue weighted by atomic mass is 16.2. The molecule has 3 amide bonds. The Morgan fingerprint density at radius 1 is 0.870 bits per heavy atom. The minimum atomic E-state index is -0.164. The highest BCUT2D eigenvalue weighted by molar-refractivity contribution is 5.95. The van der Waals surface area contributed by atoms with Gasteiger partial charge in [0.1, 0.15) is 0 Å². The van der Waals surface area contributed by atoms with Crippen LogP contribution in [0.25, 0.3) is 0 Å². The zero-order valence-electron chi connectivity index (χ0n) is 13.4. The second-order valence-electron chi connectivity index (χ2n) is 6.63. The van der Waals surface area contributed by atoms with Gasteiger partial charge in [0.05, 0.1) is 0 Å². The maximum Gasteiger partial charge on any atom is 0.319 e. The molecule has 0 atom stereocenters. The number of carbonyl (C=O) groups excluding carboxylic acids is 2. The molecule has 2 fully saturated rings. The van der Waals surface area contributed by atoms with Crippen molar-refractivity contribution in [3.63, 3.8) is 0 Å². The number of benzene rings is 1. The summed E-state index contributed by atoms with van der Waals surface area (Å²) in [5, 5.41) is 8.82. The predicted octanol–water partition coefficient (Wildman–Crippen LogP) is 3.88. The van der Waals surface area contributed by atoms with Crippen molar-refractivity contribution in [2.45, 2.75) is 57.4 Å². The first-order valence-electron chi connectivity index (χ1n) is 8.69. The van der Waals surface area contributed by atoms with Crippen molar-refractivity contribution in [3.8, 4) is 0 Å². The Bertz CT molecular complexity index is 561. The Labute approximate surface area is 137 Å². The Morgan fingerprint density at radius 2 is 1.52 bits per heavy atom. The van der Waals surface area contributed by atoms with Gasteiger partial charge in [0.25, 0.3) is 0 Å². The summed E-state index contributed by atoms with van der Waals surface area (Å²) in [4.78, 5) is 23.9. The summed E-state index contributed by atoms with van der Waals surface area (Å²) in [5.41, 5.74) is 1.43. The number of nitrogens with one attached hydrogen (secondary N) is 3. The number of amides is 3. The highest BCUT2D eigenvalue weighted by Crippen LogP contribution is 2.30. The van der Waals surface area contributed by atoms with Gasteiger partial charge >= 0.3 is 6.03 Å². The maximum atomic E-state index is 12.1. The molecule has 1 aromatic carbocycles. The van der Waals surface area contributed by atoms with E-state index in [0.717, 1.165) is 31.4 Å². The van der Waals surface area contributed by atoms with Crippen LogP contribution in [0.5, 0.6) is 0 Å². The van der Waals surface area contributed by atoms with Gasteiger partial charge in [-0.15, -0.1) is 0 Å². The number of carbonyl (C=O) groups is 2. The summed E-state index contributed by atoms with van der Waals surface area (Å²) in [6.45, 7) is 0. The van der Waals surface area contributed by atoms with Crippen LogP contribution in [-0.2, 0) is 4.79 Å². The summed E-state index contributed by atoms with van der Waals surface area (Å²) >= 11 is 0. The van der Waals surface area contributed by atoms with Crippen molar-refractivity contribution in [1.29, 1.82) is 0 Å². The lowest BCUT2D eigenvalue weighted by atomic mass is 10.1. The zero-order valence-corrected chi connectivity index (χ0v) is 13.4. The van der Waals surface area contributed by atoms with Crippen LogP contribution in [0, 0.1) is 5.92 Å². The molecule has 0 spiro atoms. The lowest BCUT2D eigenvalue weighted by Crippen LogP contribution is -2.37. The number of rotatable bonds is 4. The topological polar surface area (TPSA) is 70.2 Å². The molecule has 0 heterocycles. The fourth-order valence-electron chi connectivity index (χ4n) is 3.04. The molecule has 5 nitrogen and oxygen atoms in total. The molecule has 2 saturated carbocycles. The van der Waals surface area contributed by atoms with Gasteiger partial charge in [-0.05, 0) is 43.9 Å². The van der Waals surface area contributed by atoms with Crippen LogP contribution in [0.4, 0.5) is 16.2 Å². The molecule has 0 bridgehead atoms. The van der Waals surface area contributed by atoms with Crippen LogP contribution < -0.4 is 16.0 Å². The zero-order chi connectivity index (χ0) is 16.1. The SMILES string of the molecule is O=C(Nc1cccc(NC(=O)C2CC2)c1)NC1CCCCCC1. The average molecular weight is 315 g/mol. The van der Waals surface area contributed by atoms with Crippen LogP contribution in [-0.4, -0.2) is 18.0 Å². The van der Waals surface area contributed by atoms with E-state index in [1.165, 1.54) is 25.7 Å². The summed E-state index contributed by atoms with van der Waals surface area (Å²) in [7, 11) is 0. The standard InChI is InChI=1S/C18H25N3O2/c22-17(13-10-11-13)19-15-8-5-9-16(12-15)21-18(23)20-14-6-3-1-2-4-7-14/h5,8-9,12-14H,1-4,6-7,10-11H2,(H,19,22)(H2,20,21,23). The van der Waals surface area contributed by atoms with Gasteiger partial charge in [-0.2, -0.15) is 0 Å². The monoisotopic (exact) mass is 315 g/mol. The second kappa shape index (κ2) is 7.49. The third-order valence-corrected chi connectivity index (χ3v) is 4.53. The van der Waals surface area contributed by atoms with Crippen LogP contribution >= 0.6 is 0 Å². The summed E-state index contributed by atoms with van der Waals surface area (Å²) in [5.74, 6) is 0.246. The van der Waals surface area contributed by atoms with Crippen LogP contribution in [0.1, 0.15) is 51.4 Å². The molecule has 0 saturated heterocycles. The molecule has 1 aromatic rings. The lowest BCUT2D eigenvalue weighted by Gasteiger charge is -2.17. The van der Waals surface area contributed by atoms with Crippen LogP contribution in [0.2, 0.25) is 0 Å². The fourth-order valence-corrected chi connectivity index (χ4v) is 3.04. The Hall–Kier alpha value is -2.04.